The Morgan fingerprint density at radius 3 is 2.08 bits per heavy atom. The fraction of sp³-hybridized carbons (Fsp3) is 0.556. The van der Waals surface area contributed by atoms with Crippen molar-refractivity contribution in [3.8, 4) is 0 Å². The molecule has 12 heavy (non-hydrogen) atoms. The zero-order valence-electron chi connectivity index (χ0n) is 6.40. The number of rotatable bonds is 0. The lowest BCUT2D eigenvalue weighted by molar-refractivity contribution is -0.125. The third-order valence-electron chi connectivity index (χ3n) is 2.99. The lowest BCUT2D eigenvalue weighted by Gasteiger charge is -2.12. The monoisotopic (exact) mass is 164 g/mol. The van der Waals surface area contributed by atoms with Crippen LogP contribution in [0.25, 0.3) is 0 Å². The van der Waals surface area contributed by atoms with Crippen molar-refractivity contribution in [2.24, 2.45) is 11.8 Å². The minimum absolute atomic E-state index is 0.0712. The molecule has 62 valence electrons. The first-order valence-corrected chi connectivity index (χ1v) is 4.16. The lowest BCUT2D eigenvalue weighted by atomic mass is 9.85. The third-order valence-corrected chi connectivity index (χ3v) is 2.99. The van der Waals surface area contributed by atoms with Crippen LogP contribution in [0.2, 0.25) is 0 Å². The molecule has 0 N–H and O–H groups in total. The van der Waals surface area contributed by atoms with E-state index >= 15 is 0 Å². The van der Waals surface area contributed by atoms with E-state index in [2.05, 4.69) is 0 Å². The standard InChI is InChI=1S/C9H8O3/c10-4-3-5(11)9-7-2-1-6(12-7)8(4)9/h1-2,6-9H,3H2/t6-,7+,8-,9+. The Balaban J connectivity index is 2.08. The number of hydrogen-bond donors (Lipinski definition) is 0. The second-order valence-corrected chi connectivity index (χ2v) is 3.61. The van der Waals surface area contributed by atoms with Gasteiger partial charge in [-0.2, -0.15) is 0 Å². The molecular formula is C9H8O3. The van der Waals surface area contributed by atoms with Crippen molar-refractivity contribution in [1.29, 1.82) is 0 Å². The molecule has 2 heterocycles. The Kier molecular flexibility index (Phi) is 1.01. The largest absolute Gasteiger partial charge is 0.365 e. The molecule has 0 amide bonds. The highest BCUT2D eigenvalue weighted by molar-refractivity contribution is 6.10. The van der Waals surface area contributed by atoms with Crippen molar-refractivity contribution < 1.29 is 14.3 Å². The predicted octanol–water partition coefficient (Wildman–Crippen LogP) is 0.0979. The molecule has 1 saturated heterocycles. The first kappa shape index (κ1) is 6.54. The summed E-state index contributed by atoms with van der Waals surface area (Å²) in [5, 5.41) is 0. The normalized spacial score (nSPS) is 49.0. The number of ether oxygens (including phenoxy) is 1. The van der Waals surface area contributed by atoms with Crippen molar-refractivity contribution >= 4 is 11.6 Å². The molecule has 3 heteroatoms. The summed E-state index contributed by atoms with van der Waals surface area (Å²) in [6, 6.07) is 0. The molecule has 0 unspecified atom stereocenters. The molecule has 0 radical (unpaired) electrons. The highest BCUT2D eigenvalue weighted by atomic mass is 16.5. The van der Waals surface area contributed by atoms with E-state index in [0.717, 1.165) is 0 Å². The molecule has 0 aromatic carbocycles. The van der Waals surface area contributed by atoms with Gasteiger partial charge >= 0.3 is 0 Å². The van der Waals surface area contributed by atoms with Crippen LogP contribution in [0, 0.1) is 11.8 Å². The quantitative estimate of drug-likeness (QED) is 0.376. The Bertz CT molecular complexity index is 277. The van der Waals surface area contributed by atoms with Crippen LogP contribution in [0.15, 0.2) is 12.2 Å². The van der Waals surface area contributed by atoms with Crippen LogP contribution in [0.3, 0.4) is 0 Å². The Hall–Kier alpha value is -0.960. The van der Waals surface area contributed by atoms with Crippen molar-refractivity contribution in [2.75, 3.05) is 0 Å². The molecule has 4 atom stereocenters. The van der Waals surface area contributed by atoms with Gasteiger partial charge in [-0.25, -0.2) is 0 Å². The van der Waals surface area contributed by atoms with Crippen molar-refractivity contribution in [1.82, 2.24) is 0 Å². The molecule has 3 aliphatic rings. The Morgan fingerprint density at radius 1 is 1.08 bits per heavy atom. The molecule has 3 nitrogen and oxygen atoms in total. The second-order valence-electron chi connectivity index (χ2n) is 3.61. The smallest absolute Gasteiger partial charge is 0.147 e. The maximum Gasteiger partial charge on any atom is 0.147 e. The molecule has 0 aromatic rings. The van der Waals surface area contributed by atoms with Gasteiger partial charge in [-0.05, 0) is 0 Å². The fourth-order valence-electron chi connectivity index (χ4n) is 2.48. The van der Waals surface area contributed by atoms with E-state index in [4.69, 9.17) is 4.74 Å². The maximum absolute atomic E-state index is 11.3. The summed E-state index contributed by atoms with van der Waals surface area (Å²) >= 11 is 0. The van der Waals surface area contributed by atoms with Gasteiger partial charge in [0, 0.05) is 0 Å². The lowest BCUT2D eigenvalue weighted by Crippen LogP contribution is -2.26. The summed E-state index contributed by atoms with van der Waals surface area (Å²) in [5.74, 6) is -0.149. The average Bonchev–Trinajstić information content (AvgIpc) is 2.64. The topological polar surface area (TPSA) is 43.4 Å². The van der Waals surface area contributed by atoms with Crippen molar-refractivity contribution in [2.45, 2.75) is 18.6 Å². The fourth-order valence-corrected chi connectivity index (χ4v) is 2.48. The zero-order chi connectivity index (χ0) is 8.29. The van der Waals surface area contributed by atoms with E-state index in [1.54, 1.807) is 0 Å². The summed E-state index contributed by atoms with van der Waals surface area (Å²) < 4.78 is 5.43. The molecule has 0 spiro atoms. The summed E-state index contributed by atoms with van der Waals surface area (Å²) in [6.45, 7) is 0. The van der Waals surface area contributed by atoms with Gasteiger partial charge in [-0.15, -0.1) is 0 Å². The van der Waals surface area contributed by atoms with Crippen molar-refractivity contribution in [3.05, 3.63) is 12.2 Å². The SMILES string of the molecule is O=C1CC(=O)[C@H]2[C@@H]1[C@@H]1C=C[C@H]2O1. The molecule has 1 saturated carbocycles. The molecule has 2 aliphatic heterocycles. The van der Waals surface area contributed by atoms with Crippen molar-refractivity contribution in [3.63, 3.8) is 0 Å². The van der Waals surface area contributed by atoms with Crippen LogP contribution in [0.5, 0.6) is 0 Å². The number of hydrogen-bond acceptors (Lipinski definition) is 3. The van der Waals surface area contributed by atoms with Crippen LogP contribution in [-0.2, 0) is 14.3 Å². The van der Waals surface area contributed by atoms with Crippen LogP contribution >= 0.6 is 0 Å². The molecule has 3 rings (SSSR count). The summed E-state index contributed by atoms with van der Waals surface area (Å²) in [6.07, 6.45) is 3.75. The van der Waals surface area contributed by atoms with E-state index < -0.39 is 0 Å². The number of carbonyl (C=O) groups excluding carboxylic acids is 2. The molecular weight excluding hydrogens is 156 g/mol. The highest BCUT2D eigenvalue weighted by Crippen LogP contribution is 2.44. The number of Topliss-reactive ketones (excluding diaryl/α,β-unsaturated/α-hetero) is 2. The van der Waals surface area contributed by atoms with Crippen LogP contribution in [-0.4, -0.2) is 23.8 Å². The van der Waals surface area contributed by atoms with Gasteiger partial charge in [0.25, 0.3) is 0 Å². The van der Waals surface area contributed by atoms with E-state index in [9.17, 15) is 9.59 Å². The number of ketones is 2. The predicted molar refractivity (Wildman–Crippen MR) is 39.4 cm³/mol. The Labute approximate surface area is 69.4 Å². The highest BCUT2D eigenvalue weighted by Gasteiger charge is 2.56. The Morgan fingerprint density at radius 2 is 1.58 bits per heavy atom. The van der Waals surface area contributed by atoms with E-state index in [1.807, 2.05) is 12.2 Å². The first-order chi connectivity index (χ1) is 5.77. The van der Waals surface area contributed by atoms with E-state index in [1.165, 1.54) is 0 Å². The van der Waals surface area contributed by atoms with Crippen LogP contribution in [0.1, 0.15) is 6.42 Å². The van der Waals surface area contributed by atoms with Gasteiger partial charge in [0.2, 0.25) is 0 Å². The molecule has 2 fully saturated rings. The average molecular weight is 164 g/mol. The van der Waals surface area contributed by atoms with Gasteiger partial charge in [0.05, 0.1) is 30.5 Å². The van der Waals surface area contributed by atoms with Gasteiger partial charge in [-0.3, -0.25) is 9.59 Å². The van der Waals surface area contributed by atoms with Crippen LogP contribution in [0.4, 0.5) is 0 Å². The van der Waals surface area contributed by atoms with Gasteiger partial charge in [0.1, 0.15) is 11.6 Å². The van der Waals surface area contributed by atoms with E-state index in [0.29, 0.717) is 0 Å². The molecule has 1 aliphatic carbocycles. The number of fused-ring (bicyclic) bond motifs is 5. The number of carbonyl (C=O) groups is 2. The molecule has 2 bridgehead atoms. The second kappa shape index (κ2) is 1.85. The third kappa shape index (κ3) is 0.569. The maximum atomic E-state index is 11.3. The minimum Gasteiger partial charge on any atom is -0.365 e. The molecule has 0 aromatic heterocycles. The summed E-state index contributed by atoms with van der Waals surface area (Å²) in [5.41, 5.74) is 0. The first-order valence-electron chi connectivity index (χ1n) is 4.16. The van der Waals surface area contributed by atoms with Gasteiger partial charge in [0.15, 0.2) is 0 Å². The van der Waals surface area contributed by atoms with Gasteiger partial charge in [-0.1, -0.05) is 12.2 Å². The summed E-state index contributed by atoms with van der Waals surface area (Å²) in [7, 11) is 0. The minimum atomic E-state index is -0.146. The van der Waals surface area contributed by atoms with Crippen LogP contribution < -0.4 is 0 Å². The zero-order valence-corrected chi connectivity index (χ0v) is 6.40. The van der Waals surface area contributed by atoms with E-state index in [-0.39, 0.29) is 42.0 Å². The van der Waals surface area contributed by atoms with Gasteiger partial charge < -0.3 is 4.74 Å². The summed E-state index contributed by atoms with van der Waals surface area (Å²) in [4.78, 5) is 22.6.